The highest BCUT2D eigenvalue weighted by molar-refractivity contribution is 5.98. The number of hydrogen-bond acceptors (Lipinski definition) is 13. The van der Waals surface area contributed by atoms with Crippen LogP contribution in [0.1, 0.15) is 133 Å². The van der Waals surface area contributed by atoms with Crippen LogP contribution in [-0.4, -0.2) is 191 Å². The van der Waals surface area contributed by atoms with Crippen LogP contribution < -0.4 is 48.7 Å². The summed E-state index contributed by atoms with van der Waals surface area (Å²) in [4.78, 5) is 154. The third-order valence-electron chi connectivity index (χ3n) is 13.2. The van der Waals surface area contributed by atoms with E-state index < -0.39 is 145 Å². The predicted octanol–water partition coefficient (Wildman–Crippen LogP) is -1.82. The van der Waals surface area contributed by atoms with Crippen molar-refractivity contribution in [1.82, 2.24) is 51.9 Å². The first-order valence-corrected chi connectivity index (χ1v) is 26.4. The lowest BCUT2D eigenvalue weighted by atomic mass is 9.95. The van der Waals surface area contributed by atoms with E-state index in [0.29, 0.717) is 32.1 Å². The van der Waals surface area contributed by atoms with Gasteiger partial charge in [-0.2, -0.15) is 0 Å². The lowest BCUT2D eigenvalue weighted by Crippen LogP contribution is -2.63. The quantitative estimate of drug-likeness (QED) is 0.0196. The van der Waals surface area contributed by atoms with E-state index in [1.165, 1.54) is 25.9 Å². The third kappa shape index (κ3) is 22.3. The normalized spacial score (nSPS) is 16.7. The summed E-state index contributed by atoms with van der Waals surface area (Å²) in [7, 11) is 2.62. The molecule has 26 heteroatoms. The van der Waals surface area contributed by atoms with Crippen LogP contribution in [0, 0.1) is 17.8 Å². The summed E-state index contributed by atoms with van der Waals surface area (Å²) in [5, 5.41) is 38.4. The second kappa shape index (κ2) is 33.4. The summed E-state index contributed by atoms with van der Waals surface area (Å²) >= 11 is 0. The molecule has 0 radical (unpaired) electrons. The molecule has 10 atom stereocenters. The molecule has 10 amide bonds. The summed E-state index contributed by atoms with van der Waals surface area (Å²) in [6.45, 7) is 16.3. The zero-order valence-corrected chi connectivity index (χ0v) is 46.7. The largest absolute Gasteiger partial charge is 0.481 e. The Labute approximate surface area is 447 Å². The van der Waals surface area contributed by atoms with Gasteiger partial charge < -0.3 is 73.6 Å². The summed E-state index contributed by atoms with van der Waals surface area (Å²) in [6.07, 6.45) is 0.360. The molecule has 0 bridgehead atoms. The SMILES string of the molecule is CCC[C@@H](C(=O)N[C@H](C(=O)N[C@@H](CCCN=C(N)N)C(=O)N1CCC[C@H]1C(=O)NC(C)C)[C@@H](C)CC)N(C)C(=O)[C@@H](NC(=O)[C@H](NC(=O)[C@@H](NC(=O)CNC(=O)CN(C)C(=O)CCC(=O)O)C(C)C)[C@H](C)CC)[C@@H](C)O. The van der Waals surface area contributed by atoms with Gasteiger partial charge in [-0.3, -0.25) is 57.7 Å². The first-order chi connectivity index (χ1) is 35.5. The van der Waals surface area contributed by atoms with E-state index in [4.69, 9.17) is 16.6 Å². The molecule has 1 aliphatic heterocycles. The van der Waals surface area contributed by atoms with Crippen molar-refractivity contribution < 1.29 is 63.0 Å². The number of carboxylic acids is 1. The average Bonchev–Trinajstić information content (AvgIpc) is 3.85. The lowest BCUT2D eigenvalue weighted by Gasteiger charge is -2.35. The molecular weight excluding hydrogens is 991 g/mol. The molecule has 1 heterocycles. The van der Waals surface area contributed by atoms with Crippen LogP contribution in [0.2, 0.25) is 0 Å². The van der Waals surface area contributed by atoms with Gasteiger partial charge >= 0.3 is 5.97 Å². The molecule has 1 aliphatic rings. The van der Waals surface area contributed by atoms with Gasteiger partial charge in [0.25, 0.3) is 0 Å². The van der Waals surface area contributed by atoms with E-state index >= 15 is 0 Å². The molecule has 1 saturated heterocycles. The molecule has 0 aromatic rings. The summed E-state index contributed by atoms with van der Waals surface area (Å²) in [5.41, 5.74) is 11.0. The highest BCUT2D eigenvalue weighted by Gasteiger charge is 2.41. The van der Waals surface area contributed by atoms with Gasteiger partial charge in [0.15, 0.2) is 5.96 Å². The van der Waals surface area contributed by atoms with E-state index in [0.717, 1.165) is 9.80 Å². The zero-order valence-electron chi connectivity index (χ0n) is 46.7. The predicted molar refractivity (Wildman–Crippen MR) is 282 cm³/mol. The molecule has 0 aliphatic carbocycles. The molecule has 13 N–H and O–H groups in total. The Balaban J connectivity index is 3.34. The Kier molecular flexibility index (Phi) is 29.7. The highest BCUT2D eigenvalue weighted by atomic mass is 16.4. The molecular formula is C50H89N13O13. The van der Waals surface area contributed by atoms with Crippen molar-refractivity contribution in [2.75, 3.05) is 40.3 Å². The number of carboxylic acid groups (broad SMARTS) is 1. The number of aliphatic imine (C=N–C) groups is 1. The van der Waals surface area contributed by atoms with Gasteiger partial charge in [-0.1, -0.05) is 67.7 Å². The molecule has 1 fully saturated rings. The summed E-state index contributed by atoms with van der Waals surface area (Å²) < 4.78 is 0. The number of nitrogens with two attached hydrogens (primary N) is 2. The maximum absolute atomic E-state index is 14.4. The number of nitrogens with zero attached hydrogens (tertiary/aromatic N) is 4. The number of likely N-dealkylation sites (tertiary alicyclic amines) is 1. The second-order valence-corrected chi connectivity index (χ2v) is 20.3. The maximum Gasteiger partial charge on any atom is 0.303 e. The number of likely N-dealkylation sites (N-methyl/N-ethyl adjacent to an activating group) is 2. The number of aliphatic hydroxyl groups excluding tert-OH is 1. The Morgan fingerprint density at radius 1 is 0.697 bits per heavy atom. The molecule has 1 rings (SSSR count). The van der Waals surface area contributed by atoms with Crippen molar-refractivity contribution in [1.29, 1.82) is 0 Å². The molecule has 0 aromatic carbocycles. The Morgan fingerprint density at radius 2 is 1.25 bits per heavy atom. The fraction of sp³-hybridized carbons (Fsp3) is 0.760. The minimum absolute atomic E-state index is 0.0902. The molecule has 0 aromatic heterocycles. The standard InChI is InChI=1S/C50H89N13O13/c1-13-18-33(43(70)58-40(29(8)14-2)46(73)56-32(19-16-23-53-50(51)52)48(75)63-24-17-20-34(63)44(71)55-28(6)7)62(12)49(76)42(31(10)64)60-47(74)41(30(9)15-3)59-45(72)39(27(4)5)57-35(65)25-54-36(66)26-61(11)37(67)21-22-38(68)69/h27-34,39-42,64H,13-26H2,1-12H3,(H,54,66)(H,55,71)(H,56,73)(H,57,65)(H,58,70)(H,59,72)(H,60,74)(H,68,69)(H4,51,52,53)/t29-,30+,31+,32-,33-,34-,39-,40-,41+,42-/m0/s1. The molecule has 0 spiro atoms. The van der Waals surface area contributed by atoms with E-state index in [-0.39, 0.29) is 56.7 Å². The maximum atomic E-state index is 14.4. The molecule has 432 valence electrons. The highest BCUT2D eigenvalue weighted by Crippen LogP contribution is 2.21. The van der Waals surface area contributed by atoms with Crippen LogP contribution in [0.15, 0.2) is 4.99 Å². The van der Waals surface area contributed by atoms with Crippen LogP contribution in [0.4, 0.5) is 0 Å². The van der Waals surface area contributed by atoms with Crippen LogP contribution in [0.3, 0.4) is 0 Å². The number of carbonyl (C=O) groups is 11. The Bertz CT molecular complexity index is 2030. The number of rotatable bonds is 33. The fourth-order valence-electron chi connectivity index (χ4n) is 8.28. The van der Waals surface area contributed by atoms with E-state index in [1.54, 1.807) is 41.5 Å². The number of nitrogens with one attached hydrogen (secondary N) is 7. The lowest BCUT2D eigenvalue weighted by molar-refractivity contribution is -0.146. The number of carbonyl (C=O) groups excluding carboxylic acids is 10. The minimum atomic E-state index is -1.64. The van der Waals surface area contributed by atoms with Gasteiger partial charge in [0, 0.05) is 39.6 Å². The van der Waals surface area contributed by atoms with Gasteiger partial charge in [0.2, 0.25) is 59.1 Å². The third-order valence-corrected chi connectivity index (χ3v) is 13.2. The number of guanidine groups is 1. The van der Waals surface area contributed by atoms with Gasteiger partial charge in [-0.25, -0.2) is 0 Å². The Hall–Kier alpha value is -6.60. The second-order valence-electron chi connectivity index (χ2n) is 20.3. The van der Waals surface area contributed by atoms with Gasteiger partial charge in [-0.05, 0) is 70.6 Å². The van der Waals surface area contributed by atoms with Crippen molar-refractivity contribution in [3.63, 3.8) is 0 Å². The van der Waals surface area contributed by atoms with Gasteiger partial charge in [0.1, 0.15) is 42.3 Å². The van der Waals surface area contributed by atoms with Gasteiger partial charge in [0.05, 0.1) is 25.6 Å². The van der Waals surface area contributed by atoms with Gasteiger partial charge in [-0.15, -0.1) is 0 Å². The van der Waals surface area contributed by atoms with Crippen LogP contribution in [0.5, 0.6) is 0 Å². The topological polar surface area (TPSA) is 387 Å². The van der Waals surface area contributed by atoms with Crippen LogP contribution >= 0.6 is 0 Å². The number of amides is 10. The molecule has 76 heavy (non-hydrogen) atoms. The van der Waals surface area contributed by atoms with Crippen molar-refractivity contribution in [2.24, 2.45) is 34.2 Å². The number of hydrogen-bond donors (Lipinski definition) is 11. The van der Waals surface area contributed by atoms with Crippen molar-refractivity contribution in [2.45, 2.75) is 188 Å². The van der Waals surface area contributed by atoms with Crippen molar-refractivity contribution in [3.8, 4) is 0 Å². The van der Waals surface area contributed by atoms with E-state index in [1.807, 2.05) is 20.8 Å². The smallest absolute Gasteiger partial charge is 0.303 e. The summed E-state index contributed by atoms with van der Waals surface area (Å²) in [6, 6.07) is -8.64. The number of aliphatic hydroxyl groups is 1. The minimum Gasteiger partial charge on any atom is -0.481 e. The molecule has 0 unspecified atom stereocenters. The Morgan fingerprint density at radius 3 is 1.76 bits per heavy atom. The number of aliphatic carboxylic acids is 1. The van der Waals surface area contributed by atoms with E-state index in [9.17, 15) is 57.8 Å². The van der Waals surface area contributed by atoms with Crippen LogP contribution in [0.25, 0.3) is 0 Å². The first kappa shape index (κ1) is 67.4. The summed E-state index contributed by atoms with van der Waals surface area (Å²) in [5.74, 6) is -9.69. The van der Waals surface area contributed by atoms with Crippen LogP contribution in [-0.2, 0) is 52.7 Å². The average molecular weight is 1080 g/mol. The molecule has 26 nitrogen and oxygen atoms in total. The van der Waals surface area contributed by atoms with Crippen molar-refractivity contribution >= 4 is 71.0 Å². The molecule has 0 saturated carbocycles. The fourth-order valence-corrected chi connectivity index (χ4v) is 8.28. The first-order valence-electron chi connectivity index (χ1n) is 26.4. The van der Waals surface area contributed by atoms with E-state index in [2.05, 4.69) is 42.2 Å². The zero-order chi connectivity index (χ0) is 58.1. The van der Waals surface area contributed by atoms with Crippen molar-refractivity contribution in [3.05, 3.63) is 0 Å². The monoisotopic (exact) mass is 1080 g/mol.